The minimum atomic E-state index is -0.503. The van der Waals surface area contributed by atoms with Crippen molar-refractivity contribution in [2.75, 3.05) is 40.3 Å². The molecule has 0 radical (unpaired) electrons. The number of piperidine rings is 1. The Balaban J connectivity index is 1.56. The predicted octanol–water partition coefficient (Wildman–Crippen LogP) is 3.64. The molecule has 1 aliphatic rings. The van der Waals surface area contributed by atoms with Crippen LogP contribution in [0.25, 0.3) is 0 Å². The summed E-state index contributed by atoms with van der Waals surface area (Å²) in [6.45, 7) is 3.53. The van der Waals surface area contributed by atoms with Crippen LogP contribution in [0.5, 0.6) is 0 Å². The SMILES string of the molecule is COC(=O)c1ccccc1C(=O)N(C)C[C@H]1CCCN(CCc2ccc(F)cc2)C1. The third-order valence-electron chi connectivity index (χ3n) is 5.67. The fourth-order valence-electron chi connectivity index (χ4n) is 4.08. The Kier molecular flexibility index (Phi) is 7.57. The maximum atomic E-state index is 13.1. The van der Waals surface area contributed by atoms with E-state index >= 15 is 0 Å². The van der Waals surface area contributed by atoms with Gasteiger partial charge in [0.2, 0.25) is 0 Å². The molecule has 2 aromatic carbocycles. The summed E-state index contributed by atoms with van der Waals surface area (Å²) in [5, 5.41) is 0. The minimum absolute atomic E-state index is 0.167. The van der Waals surface area contributed by atoms with Crippen LogP contribution >= 0.6 is 0 Å². The van der Waals surface area contributed by atoms with Gasteiger partial charge in [0, 0.05) is 26.7 Å². The first-order valence-electron chi connectivity index (χ1n) is 10.4. The number of rotatable bonds is 7. The van der Waals surface area contributed by atoms with Gasteiger partial charge in [-0.15, -0.1) is 0 Å². The van der Waals surface area contributed by atoms with E-state index in [0.29, 0.717) is 23.6 Å². The molecule has 2 aromatic rings. The average Bonchev–Trinajstić information content (AvgIpc) is 2.78. The van der Waals surface area contributed by atoms with Crippen molar-refractivity contribution < 1.29 is 18.7 Å². The van der Waals surface area contributed by atoms with Crippen LogP contribution in [0.3, 0.4) is 0 Å². The third kappa shape index (κ3) is 5.66. The molecule has 0 saturated carbocycles. The van der Waals surface area contributed by atoms with Crippen LogP contribution in [-0.2, 0) is 11.2 Å². The van der Waals surface area contributed by atoms with Crippen LogP contribution in [0.2, 0.25) is 0 Å². The molecule has 1 amide bonds. The molecule has 1 fully saturated rings. The smallest absolute Gasteiger partial charge is 0.338 e. The van der Waals surface area contributed by atoms with Crippen molar-refractivity contribution in [1.29, 1.82) is 0 Å². The second-order valence-electron chi connectivity index (χ2n) is 7.91. The number of hydrogen-bond acceptors (Lipinski definition) is 4. The summed E-state index contributed by atoms with van der Waals surface area (Å²) in [4.78, 5) is 29.1. The van der Waals surface area contributed by atoms with E-state index in [-0.39, 0.29) is 11.7 Å². The van der Waals surface area contributed by atoms with Gasteiger partial charge in [-0.05, 0) is 61.6 Å². The first-order chi connectivity index (χ1) is 14.5. The maximum Gasteiger partial charge on any atom is 0.338 e. The molecule has 0 aliphatic carbocycles. The molecule has 1 heterocycles. The molecule has 1 atom stereocenters. The maximum absolute atomic E-state index is 13.1. The van der Waals surface area contributed by atoms with Gasteiger partial charge < -0.3 is 14.5 Å². The normalized spacial score (nSPS) is 16.8. The Morgan fingerprint density at radius 3 is 2.53 bits per heavy atom. The summed E-state index contributed by atoms with van der Waals surface area (Å²) < 4.78 is 17.9. The number of halogens is 1. The lowest BCUT2D eigenvalue weighted by molar-refractivity contribution is 0.0589. The van der Waals surface area contributed by atoms with Crippen LogP contribution in [0.4, 0.5) is 4.39 Å². The molecule has 1 aliphatic heterocycles. The number of ether oxygens (including phenoxy) is 1. The molecular formula is C24H29FN2O3. The summed E-state index contributed by atoms with van der Waals surface area (Å²) in [5.74, 6) is -0.499. The summed E-state index contributed by atoms with van der Waals surface area (Å²) in [7, 11) is 3.10. The Morgan fingerprint density at radius 1 is 1.13 bits per heavy atom. The minimum Gasteiger partial charge on any atom is -0.465 e. The highest BCUT2D eigenvalue weighted by Gasteiger charge is 2.25. The number of amides is 1. The Morgan fingerprint density at radius 2 is 1.83 bits per heavy atom. The molecule has 3 rings (SSSR count). The molecule has 5 nitrogen and oxygen atoms in total. The third-order valence-corrected chi connectivity index (χ3v) is 5.67. The largest absolute Gasteiger partial charge is 0.465 e. The van der Waals surface area contributed by atoms with Gasteiger partial charge in [-0.2, -0.15) is 0 Å². The highest BCUT2D eigenvalue weighted by Crippen LogP contribution is 2.20. The predicted molar refractivity (Wildman–Crippen MR) is 114 cm³/mol. The molecule has 30 heavy (non-hydrogen) atoms. The summed E-state index contributed by atoms with van der Waals surface area (Å²) in [6, 6.07) is 13.4. The average molecular weight is 413 g/mol. The van der Waals surface area contributed by atoms with Crippen LogP contribution in [-0.4, -0.2) is 62.0 Å². The van der Waals surface area contributed by atoms with Gasteiger partial charge in [0.1, 0.15) is 5.82 Å². The molecule has 0 N–H and O–H groups in total. The number of benzene rings is 2. The number of methoxy groups -OCH3 is 1. The fraction of sp³-hybridized carbons (Fsp3) is 0.417. The van der Waals surface area contributed by atoms with Crippen molar-refractivity contribution in [2.24, 2.45) is 5.92 Å². The topological polar surface area (TPSA) is 49.9 Å². The highest BCUT2D eigenvalue weighted by molar-refractivity contribution is 6.05. The lowest BCUT2D eigenvalue weighted by atomic mass is 9.96. The number of carbonyl (C=O) groups excluding carboxylic acids is 2. The first kappa shape index (κ1) is 22.0. The zero-order chi connectivity index (χ0) is 21.5. The zero-order valence-electron chi connectivity index (χ0n) is 17.6. The molecule has 0 unspecified atom stereocenters. The second kappa shape index (κ2) is 10.3. The fourth-order valence-corrected chi connectivity index (χ4v) is 4.08. The Bertz CT molecular complexity index is 869. The van der Waals surface area contributed by atoms with Gasteiger partial charge in [-0.3, -0.25) is 4.79 Å². The molecular weight excluding hydrogens is 383 g/mol. The lowest BCUT2D eigenvalue weighted by Gasteiger charge is -2.35. The zero-order valence-corrected chi connectivity index (χ0v) is 17.6. The van der Waals surface area contributed by atoms with Crippen molar-refractivity contribution in [3.8, 4) is 0 Å². The molecule has 0 spiro atoms. The second-order valence-corrected chi connectivity index (χ2v) is 7.91. The van der Waals surface area contributed by atoms with E-state index in [9.17, 15) is 14.0 Å². The van der Waals surface area contributed by atoms with Crippen molar-refractivity contribution >= 4 is 11.9 Å². The molecule has 1 saturated heterocycles. The van der Waals surface area contributed by atoms with E-state index in [1.54, 1.807) is 36.2 Å². The molecule has 6 heteroatoms. The summed E-state index contributed by atoms with van der Waals surface area (Å²) >= 11 is 0. The van der Waals surface area contributed by atoms with Crippen LogP contribution in [0.15, 0.2) is 48.5 Å². The lowest BCUT2D eigenvalue weighted by Crippen LogP contribution is -2.42. The van der Waals surface area contributed by atoms with Gasteiger partial charge in [-0.1, -0.05) is 24.3 Å². The van der Waals surface area contributed by atoms with E-state index in [1.807, 2.05) is 12.1 Å². The number of hydrogen-bond donors (Lipinski definition) is 0. The Labute approximate surface area is 177 Å². The number of esters is 1. The standard InChI is InChI=1S/C24H29FN2O3/c1-26(23(28)21-7-3-4-8-22(21)24(29)30-2)16-19-6-5-14-27(17-19)15-13-18-9-11-20(25)12-10-18/h3-4,7-12,19H,5-6,13-17H2,1-2H3/t19-/m1/s1. The number of carbonyl (C=O) groups is 2. The first-order valence-corrected chi connectivity index (χ1v) is 10.4. The van der Waals surface area contributed by atoms with Gasteiger partial charge in [-0.25, -0.2) is 9.18 Å². The van der Waals surface area contributed by atoms with Crippen molar-refractivity contribution in [1.82, 2.24) is 9.80 Å². The molecule has 0 bridgehead atoms. The van der Waals surface area contributed by atoms with E-state index < -0.39 is 5.97 Å². The summed E-state index contributed by atoms with van der Waals surface area (Å²) in [6.07, 6.45) is 3.05. The number of likely N-dealkylation sites (tertiary alicyclic amines) is 1. The number of nitrogens with zero attached hydrogens (tertiary/aromatic N) is 2. The van der Waals surface area contributed by atoms with E-state index in [2.05, 4.69) is 4.90 Å². The van der Waals surface area contributed by atoms with Gasteiger partial charge >= 0.3 is 5.97 Å². The quantitative estimate of drug-likeness (QED) is 0.652. The highest BCUT2D eigenvalue weighted by atomic mass is 19.1. The monoisotopic (exact) mass is 412 g/mol. The van der Waals surface area contributed by atoms with Crippen LogP contribution in [0.1, 0.15) is 39.1 Å². The molecule has 160 valence electrons. The van der Waals surface area contributed by atoms with Crippen LogP contribution < -0.4 is 0 Å². The molecule has 0 aromatic heterocycles. The van der Waals surface area contributed by atoms with E-state index in [1.165, 1.54) is 19.2 Å². The van der Waals surface area contributed by atoms with E-state index in [0.717, 1.165) is 44.5 Å². The van der Waals surface area contributed by atoms with Gasteiger partial charge in [0.15, 0.2) is 0 Å². The van der Waals surface area contributed by atoms with Crippen molar-refractivity contribution in [3.63, 3.8) is 0 Å². The van der Waals surface area contributed by atoms with Gasteiger partial charge in [0.25, 0.3) is 5.91 Å². The van der Waals surface area contributed by atoms with Gasteiger partial charge in [0.05, 0.1) is 18.2 Å². The van der Waals surface area contributed by atoms with E-state index in [4.69, 9.17) is 4.74 Å². The van der Waals surface area contributed by atoms with Crippen LogP contribution in [0, 0.1) is 11.7 Å². The van der Waals surface area contributed by atoms with Crippen molar-refractivity contribution in [2.45, 2.75) is 19.3 Å². The Hall–Kier alpha value is -2.73. The van der Waals surface area contributed by atoms with Crippen molar-refractivity contribution in [3.05, 3.63) is 71.0 Å². The summed E-state index contributed by atoms with van der Waals surface area (Å²) in [5.41, 5.74) is 1.79.